The zero-order valence-electron chi connectivity index (χ0n) is 9.55. The molecule has 1 fully saturated rings. The van der Waals surface area contributed by atoms with Gasteiger partial charge in [0, 0.05) is 6.54 Å². The van der Waals surface area contributed by atoms with Crippen LogP contribution in [0.3, 0.4) is 0 Å². The molecule has 1 aromatic rings. The fourth-order valence-corrected chi connectivity index (χ4v) is 2.39. The Hall–Kier alpha value is -0.960. The van der Waals surface area contributed by atoms with Crippen molar-refractivity contribution >= 4 is 0 Å². The number of rotatable bonds is 3. The number of halogens is 2. The maximum atomic E-state index is 13.1. The quantitative estimate of drug-likeness (QED) is 0.763. The summed E-state index contributed by atoms with van der Waals surface area (Å²) in [5.41, 5.74) is 0.928. The molecule has 88 valence electrons. The fraction of sp³-hybridized carbons (Fsp3) is 0.538. The molecule has 0 amide bonds. The van der Waals surface area contributed by atoms with Crippen LogP contribution in [0, 0.1) is 11.6 Å². The second kappa shape index (κ2) is 4.91. The molecule has 1 heterocycles. The van der Waals surface area contributed by atoms with E-state index in [-0.39, 0.29) is 0 Å². The van der Waals surface area contributed by atoms with Crippen LogP contribution in [0.25, 0.3) is 0 Å². The lowest BCUT2D eigenvalue weighted by atomic mass is 9.98. The second-order valence-corrected chi connectivity index (χ2v) is 4.46. The van der Waals surface area contributed by atoms with Gasteiger partial charge in [-0.25, -0.2) is 8.78 Å². The highest BCUT2D eigenvalue weighted by atomic mass is 19.2. The lowest BCUT2D eigenvalue weighted by Gasteiger charge is -2.14. The van der Waals surface area contributed by atoms with Gasteiger partial charge >= 0.3 is 0 Å². The largest absolute Gasteiger partial charge is 0.303 e. The van der Waals surface area contributed by atoms with E-state index in [4.69, 9.17) is 0 Å². The molecule has 0 radical (unpaired) electrons. The summed E-state index contributed by atoms with van der Waals surface area (Å²) in [5, 5.41) is 0. The normalized spacial score (nSPS) is 21.6. The molecule has 0 aromatic heterocycles. The van der Waals surface area contributed by atoms with E-state index >= 15 is 0 Å². The number of hydrogen-bond donors (Lipinski definition) is 0. The molecule has 1 aromatic carbocycles. The number of likely N-dealkylation sites (tertiary alicyclic amines) is 1. The minimum absolute atomic E-state index is 0.363. The molecule has 16 heavy (non-hydrogen) atoms. The van der Waals surface area contributed by atoms with Crippen molar-refractivity contribution in [2.75, 3.05) is 19.6 Å². The van der Waals surface area contributed by atoms with E-state index in [1.165, 1.54) is 12.1 Å². The number of hydrogen-bond acceptors (Lipinski definition) is 1. The molecule has 0 bridgehead atoms. The lowest BCUT2D eigenvalue weighted by Crippen LogP contribution is -2.20. The SMILES string of the molecule is CCCN1CCC(c2ccc(F)c(F)c2)C1. The van der Waals surface area contributed by atoms with Gasteiger partial charge in [0.25, 0.3) is 0 Å². The van der Waals surface area contributed by atoms with Crippen LogP contribution >= 0.6 is 0 Å². The first-order valence-corrected chi connectivity index (χ1v) is 5.88. The van der Waals surface area contributed by atoms with Crippen molar-refractivity contribution in [2.24, 2.45) is 0 Å². The molecule has 1 atom stereocenters. The molecule has 0 spiro atoms. The van der Waals surface area contributed by atoms with Crippen molar-refractivity contribution in [2.45, 2.75) is 25.7 Å². The Balaban J connectivity index is 2.05. The summed E-state index contributed by atoms with van der Waals surface area (Å²) in [4.78, 5) is 2.38. The number of nitrogens with zero attached hydrogens (tertiary/aromatic N) is 1. The van der Waals surface area contributed by atoms with E-state index in [1.54, 1.807) is 6.07 Å². The highest BCUT2D eigenvalue weighted by Gasteiger charge is 2.23. The van der Waals surface area contributed by atoms with Crippen LogP contribution in [0.15, 0.2) is 18.2 Å². The first-order chi connectivity index (χ1) is 7.70. The van der Waals surface area contributed by atoms with Crippen molar-refractivity contribution in [3.8, 4) is 0 Å². The van der Waals surface area contributed by atoms with Gasteiger partial charge in [0.2, 0.25) is 0 Å². The standard InChI is InChI=1S/C13H17F2N/c1-2-6-16-7-5-11(9-16)10-3-4-12(14)13(15)8-10/h3-4,8,11H,2,5-7,9H2,1H3. The third-order valence-electron chi connectivity index (χ3n) is 3.23. The topological polar surface area (TPSA) is 3.24 Å². The zero-order valence-corrected chi connectivity index (χ0v) is 9.55. The van der Waals surface area contributed by atoms with Crippen LogP contribution in [0.2, 0.25) is 0 Å². The molecule has 2 rings (SSSR count). The molecular weight excluding hydrogens is 208 g/mol. The van der Waals surface area contributed by atoms with Gasteiger partial charge in [-0.15, -0.1) is 0 Å². The van der Waals surface area contributed by atoms with Crippen molar-refractivity contribution in [3.63, 3.8) is 0 Å². The molecule has 1 aliphatic rings. The summed E-state index contributed by atoms with van der Waals surface area (Å²) in [6, 6.07) is 4.28. The number of benzene rings is 1. The maximum Gasteiger partial charge on any atom is 0.159 e. The van der Waals surface area contributed by atoms with Crippen molar-refractivity contribution in [3.05, 3.63) is 35.4 Å². The molecule has 1 saturated heterocycles. The first kappa shape index (κ1) is 11.5. The molecule has 1 aliphatic heterocycles. The Morgan fingerprint density at radius 2 is 2.12 bits per heavy atom. The van der Waals surface area contributed by atoms with Crippen molar-refractivity contribution in [1.82, 2.24) is 4.90 Å². The van der Waals surface area contributed by atoms with E-state index in [0.717, 1.165) is 38.0 Å². The maximum absolute atomic E-state index is 13.1. The molecule has 0 N–H and O–H groups in total. The molecule has 3 heteroatoms. The highest BCUT2D eigenvalue weighted by Crippen LogP contribution is 2.28. The van der Waals surface area contributed by atoms with Crippen molar-refractivity contribution < 1.29 is 8.78 Å². The predicted molar refractivity (Wildman–Crippen MR) is 60.4 cm³/mol. The fourth-order valence-electron chi connectivity index (χ4n) is 2.39. The van der Waals surface area contributed by atoms with Gasteiger partial charge in [0.05, 0.1) is 0 Å². The average Bonchev–Trinajstić information content (AvgIpc) is 2.71. The Labute approximate surface area is 95.1 Å². The van der Waals surface area contributed by atoms with Crippen LogP contribution in [-0.2, 0) is 0 Å². The third-order valence-corrected chi connectivity index (χ3v) is 3.23. The molecular formula is C13H17F2N. The second-order valence-electron chi connectivity index (χ2n) is 4.46. The highest BCUT2D eigenvalue weighted by molar-refractivity contribution is 5.23. The minimum atomic E-state index is -0.757. The lowest BCUT2D eigenvalue weighted by molar-refractivity contribution is 0.335. The van der Waals surface area contributed by atoms with E-state index in [9.17, 15) is 8.78 Å². The van der Waals surface area contributed by atoms with Gasteiger partial charge in [-0.1, -0.05) is 13.0 Å². The van der Waals surface area contributed by atoms with Gasteiger partial charge in [-0.2, -0.15) is 0 Å². The summed E-state index contributed by atoms with van der Waals surface area (Å²) < 4.78 is 25.9. The van der Waals surface area contributed by atoms with Crippen molar-refractivity contribution in [1.29, 1.82) is 0 Å². The van der Waals surface area contributed by atoms with Crippen LogP contribution in [0.5, 0.6) is 0 Å². The van der Waals surface area contributed by atoms with E-state index in [2.05, 4.69) is 11.8 Å². The average molecular weight is 225 g/mol. The van der Waals surface area contributed by atoms with Gasteiger partial charge in [-0.05, 0) is 49.5 Å². The summed E-state index contributed by atoms with van der Waals surface area (Å²) >= 11 is 0. The molecule has 1 unspecified atom stereocenters. The molecule has 1 nitrogen and oxygen atoms in total. The smallest absolute Gasteiger partial charge is 0.159 e. The summed E-state index contributed by atoms with van der Waals surface area (Å²) in [6.07, 6.45) is 2.19. The van der Waals surface area contributed by atoms with Gasteiger partial charge in [-0.3, -0.25) is 0 Å². The van der Waals surface area contributed by atoms with E-state index in [1.807, 2.05) is 0 Å². The minimum Gasteiger partial charge on any atom is -0.303 e. The monoisotopic (exact) mass is 225 g/mol. The first-order valence-electron chi connectivity index (χ1n) is 5.88. The summed E-state index contributed by atoms with van der Waals surface area (Å²) in [6.45, 7) is 5.29. The van der Waals surface area contributed by atoms with Crippen LogP contribution < -0.4 is 0 Å². The predicted octanol–water partition coefficient (Wildman–Crippen LogP) is 3.16. The molecule has 0 saturated carbocycles. The Morgan fingerprint density at radius 3 is 2.81 bits per heavy atom. The summed E-state index contributed by atoms with van der Waals surface area (Å²) in [5.74, 6) is -1.12. The van der Waals surface area contributed by atoms with E-state index in [0.29, 0.717) is 5.92 Å². The van der Waals surface area contributed by atoms with Crippen LogP contribution in [0.1, 0.15) is 31.2 Å². The third kappa shape index (κ3) is 2.40. The Kier molecular flexibility index (Phi) is 3.54. The zero-order chi connectivity index (χ0) is 11.5. The van der Waals surface area contributed by atoms with Crippen LogP contribution in [-0.4, -0.2) is 24.5 Å². The van der Waals surface area contributed by atoms with Gasteiger partial charge in [0.1, 0.15) is 0 Å². The Morgan fingerprint density at radius 1 is 1.31 bits per heavy atom. The summed E-state index contributed by atoms with van der Waals surface area (Å²) in [7, 11) is 0. The van der Waals surface area contributed by atoms with Gasteiger partial charge in [0.15, 0.2) is 11.6 Å². The van der Waals surface area contributed by atoms with E-state index < -0.39 is 11.6 Å². The van der Waals surface area contributed by atoms with Crippen LogP contribution in [0.4, 0.5) is 8.78 Å². The molecule has 0 aliphatic carbocycles. The Bertz CT molecular complexity index is 365. The van der Waals surface area contributed by atoms with Gasteiger partial charge < -0.3 is 4.90 Å².